The molecule has 4 nitrogen and oxygen atoms in total. The molecular weight excluding hydrogens is 188 g/mol. The maximum Gasteiger partial charge on any atom is 0.217 e. The highest BCUT2D eigenvalue weighted by Crippen LogP contribution is 2.30. The predicted molar refractivity (Wildman–Crippen MR) is 52.8 cm³/mol. The highest BCUT2D eigenvalue weighted by molar-refractivity contribution is 7.89. The third-order valence-corrected chi connectivity index (χ3v) is 4.71. The molecule has 1 unspecified atom stereocenters. The Balaban J connectivity index is 2.55. The molecule has 0 radical (unpaired) electrons. The maximum atomic E-state index is 11.7. The molecule has 5 heteroatoms. The van der Waals surface area contributed by atoms with Crippen LogP contribution in [0.1, 0.15) is 19.8 Å². The van der Waals surface area contributed by atoms with Gasteiger partial charge in [-0.3, -0.25) is 0 Å². The largest absolute Gasteiger partial charge is 0.329 e. The van der Waals surface area contributed by atoms with Gasteiger partial charge in [-0.05, 0) is 25.7 Å². The Labute approximate surface area is 80.1 Å². The van der Waals surface area contributed by atoms with Crippen LogP contribution in [0.25, 0.3) is 0 Å². The van der Waals surface area contributed by atoms with Crippen LogP contribution in [0, 0.1) is 5.92 Å². The first kappa shape index (κ1) is 10.9. The third kappa shape index (κ3) is 2.65. The molecule has 1 fully saturated rings. The molecule has 0 amide bonds. The summed E-state index contributed by atoms with van der Waals surface area (Å²) in [6.45, 7) is 2.50. The van der Waals surface area contributed by atoms with E-state index in [1.165, 1.54) is 4.31 Å². The molecule has 0 aromatic heterocycles. The summed E-state index contributed by atoms with van der Waals surface area (Å²) < 4.78 is 24.8. The minimum absolute atomic E-state index is 0.192. The van der Waals surface area contributed by atoms with Gasteiger partial charge in [-0.15, -0.1) is 0 Å². The van der Waals surface area contributed by atoms with E-state index in [1.54, 1.807) is 14.0 Å². The van der Waals surface area contributed by atoms with Crippen molar-refractivity contribution in [2.75, 3.05) is 20.1 Å². The van der Waals surface area contributed by atoms with Crippen molar-refractivity contribution in [1.29, 1.82) is 0 Å². The maximum absolute atomic E-state index is 11.7. The molecule has 78 valence electrons. The lowest BCUT2D eigenvalue weighted by atomic mass is 10.4. The molecule has 1 saturated carbocycles. The average molecular weight is 206 g/mol. The summed E-state index contributed by atoms with van der Waals surface area (Å²) in [6, 6.07) is 0. The van der Waals surface area contributed by atoms with E-state index < -0.39 is 15.3 Å². The number of hydrogen-bond donors (Lipinski definition) is 1. The second kappa shape index (κ2) is 3.94. The van der Waals surface area contributed by atoms with Crippen LogP contribution in [-0.4, -0.2) is 38.1 Å². The van der Waals surface area contributed by atoms with Gasteiger partial charge in [-0.2, -0.15) is 0 Å². The van der Waals surface area contributed by atoms with Crippen molar-refractivity contribution in [1.82, 2.24) is 4.31 Å². The molecule has 0 aromatic carbocycles. The fraction of sp³-hybridized carbons (Fsp3) is 1.00. The normalized spacial score (nSPS) is 20.6. The van der Waals surface area contributed by atoms with Crippen molar-refractivity contribution >= 4 is 10.0 Å². The lowest BCUT2D eigenvalue weighted by Gasteiger charge is -2.20. The van der Waals surface area contributed by atoms with Crippen molar-refractivity contribution in [2.45, 2.75) is 25.0 Å². The van der Waals surface area contributed by atoms with E-state index in [2.05, 4.69) is 0 Å². The van der Waals surface area contributed by atoms with Gasteiger partial charge in [0.1, 0.15) is 0 Å². The van der Waals surface area contributed by atoms with Crippen molar-refractivity contribution in [3.63, 3.8) is 0 Å². The Morgan fingerprint density at radius 3 is 2.46 bits per heavy atom. The van der Waals surface area contributed by atoms with Crippen LogP contribution < -0.4 is 5.73 Å². The average Bonchev–Trinajstić information content (AvgIpc) is 2.86. The van der Waals surface area contributed by atoms with Crippen LogP contribution in [0.15, 0.2) is 0 Å². The molecule has 1 rings (SSSR count). The standard InChI is InChI=1S/C8H18N2O2S/c1-7(5-9)13(11,12)10(2)6-8-3-4-8/h7-8H,3-6,9H2,1-2H3. The summed E-state index contributed by atoms with van der Waals surface area (Å²) in [7, 11) is -1.50. The highest BCUT2D eigenvalue weighted by atomic mass is 32.2. The van der Waals surface area contributed by atoms with E-state index in [1.807, 2.05) is 0 Å². The molecule has 0 heterocycles. The minimum Gasteiger partial charge on any atom is -0.329 e. The zero-order chi connectivity index (χ0) is 10.1. The first-order valence-corrected chi connectivity index (χ1v) is 6.14. The van der Waals surface area contributed by atoms with E-state index in [0.29, 0.717) is 12.5 Å². The van der Waals surface area contributed by atoms with Crippen LogP contribution in [0.2, 0.25) is 0 Å². The van der Waals surface area contributed by atoms with E-state index in [-0.39, 0.29) is 6.54 Å². The number of hydrogen-bond acceptors (Lipinski definition) is 3. The van der Waals surface area contributed by atoms with E-state index >= 15 is 0 Å². The van der Waals surface area contributed by atoms with Crippen molar-refractivity contribution < 1.29 is 8.42 Å². The summed E-state index contributed by atoms with van der Waals surface area (Å²) >= 11 is 0. The second-order valence-electron chi connectivity index (χ2n) is 3.82. The van der Waals surface area contributed by atoms with Crippen LogP contribution in [0.3, 0.4) is 0 Å². The molecule has 1 aliphatic rings. The molecule has 13 heavy (non-hydrogen) atoms. The Kier molecular flexibility index (Phi) is 3.32. The summed E-state index contributed by atoms with van der Waals surface area (Å²) in [5, 5.41) is -0.462. The van der Waals surface area contributed by atoms with E-state index in [4.69, 9.17) is 5.73 Å². The zero-order valence-electron chi connectivity index (χ0n) is 8.23. The summed E-state index contributed by atoms with van der Waals surface area (Å²) in [5.41, 5.74) is 5.34. The molecule has 0 aliphatic heterocycles. The zero-order valence-corrected chi connectivity index (χ0v) is 9.05. The first-order valence-electron chi connectivity index (χ1n) is 4.63. The Morgan fingerprint density at radius 1 is 1.54 bits per heavy atom. The molecule has 1 atom stereocenters. The van der Waals surface area contributed by atoms with Gasteiger partial charge in [-0.1, -0.05) is 0 Å². The number of nitrogens with two attached hydrogens (primary N) is 1. The van der Waals surface area contributed by atoms with Crippen LogP contribution in [-0.2, 0) is 10.0 Å². The minimum atomic E-state index is -3.14. The summed E-state index contributed by atoms with van der Waals surface area (Å²) in [4.78, 5) is 0. The van der Waals surface area contributed by atoms with Gasteiger partial charge in [-0.25, -0.2) is 12.7 Å². The smallest absolute Gasteiger partial charge is 0.217 e. The van der Waals surface area contributed by atoms with Crippen molar-refractivity contribution in [3.05, 3.63) is 0 Å². The van der Waals surface area contributed by atoms with Crippen LogP contribution >= 0.6 is 0 Å². The van der Waals surface area contributed by atoms with Crippen LogP contribution in [0.5, 0.6) is 0 Å². The first-order chi connectivity index (χ1) is 5.98. The third-order valence-electron chi connectivity index (χ3n) is 2.49. The summed E-state index contributed by atoms with van der Waals surface area (Å²) in [6.07, 6.45) is 2.33. The van der Waals surface area contributed by atoms with Gasteiger partial charge in [0.25, 0.3) is 0 Å². The van der Waals surface area contributed by atoms with Gasteiger partial charge in [0, 0.05) is 20.1 Å². The quantitative estimate of drug-likeness (QED) is 0.689. The summed E-state index contributed by atoms with van der Waals surface area (Å²) in [5.74, 6) is 0.588. The molecular formula is C8H18N2O2S. The number of sulfonamides is 1. The lowest BCUT2D eigenvalue weighted by molar-refractivity contribution is 0.445. The highest BCUT2D eigenvalue weighted by Gasteiger charge is 2.30. The lowest BCUT2D eigenvalue weighted by Crippen LogP contribution is -2.39. The molecule has 0 saturated heterocycles. The monoisotopic (exact) mass is 206 g/mol. The molecule has 2 N–H and O–H groups in total. The van der Waals surface area contributed by atoms with Crippen molar-refractivity contribution in [2.24, 2.45) is 11.7 Å². The number of rotatable bonds is 5. The Morgan fingerprint density at radius 2 is 2.08 bits per heavy atom. The Hall–Kier alpha value is -0.130. The molecule has 0 spiro atoms. The van der Waals surface area contributed by atoms with E-state index in [0.717, 1.165) is 12.8 Å². The fourth-order valence-corrected chi connectivity index (χ4v) is 2.47. The molecule has 0 aromatic rings. The SMILES string of the molecule is CC(CN)S(=O)(=O)N(C)CC1CC1. The number of nitrogens with zero attached hydrogens (tertiary/aromatic N) is 1. The van der Waals surface area contributed by atoms with Crippen molar-refractivity contribution in [3.8, 4) is 0 Å². The van der Waals surface area contributed by atoms with Gasteiger partial charge in [0.2, 0.25) is 10.0 Å². The van der Waals surface area contributed by atoms with Gasteiger partial charge in [0.05, 0.1) is 5.25 Å². The predicted octanol–water partition coefficient (Wildman–Crippen LogP) is 0.00520. The van der Waals surface area contributed by atoms with E-state index in [9.17, 15) is 8.42 Å². The fourth-order valence-electron chi connectivity index (χ4n) is 1.20. The topological polar surface area (TPSA) is 63.4 Å². The molecule has 1 aliphatic carbocycles. The van der Waals surface area contributed by atoms with Crippen LogP contribution in [0.4, 0.5) is 0 Å². The van der Waals surface area contributed by atoms with Gasteiger partial charge < -0.3 is 5.73 Å². The van der Waals surface area contributed by atoms with Gasteiger partial charge in [0.15, 0.2) is 0 Å². The molecule has 0 bridgehead atoms. The second-order valence-corrected chi connectivity index (χ2v) is 6.27. The van der Waals surface area contributed by atoms with Gasteiger partial charge >= 0.3 is 0 Å². The Bertz CT molecular complexity index is 259.